The van der Waals surface area contributed by atoms with Gasteiger partial charge in [0.1, 0.15) is 6.04 Å². The predicted molar refractivity (Wildman–Crippen MR) is 67.2 cm³/mol. The molecule has 5 heteroatoms. The van der Waals surface area contributed by atoms with Gasteiger partial charge in [-0.3, -0.25) is 4.79 Å². The molecule has 96 valence electrons. The second-order valence-electron chi connectivity index (χ2n) is 4.47. The van der Waals surface area contributed by atoms with Gasteiger partial charge in [-0.1, -0.05) is 6.07 Å². The smallest absolute Gasteiger partial charge is 0.326 e. The largest absolute Gasteiger partial charge is 0.480 e. The molecular weight excluding hydrogens is 232 g/mol. The molecule has 3 N–H and O–H groups in total. The molecule has 1 aliphatic rings. The lowest BCUT2D eigenvalue weighted by molar-refractivity contribution is -0.143. The molecule has 1 fully saturated rings. The van der Waals surface area contributed by atoms with Gasteiger partial charge in [0.2, 0.25) is 0 Å². The van der Waals surface area contributed by atoms with Crippen molar-refractivity contribution in [2.24, 2.45) is 0 Å². The average molecular weight is 248 g/mol. The maximum Gasteiger partial charge on any atom is 0.326 e. The normalized spacial score (nSPS) is 19.6. The summed E-state index contributed by atoms with van der Waals surface area (Å²) in [6.45, 7) is 0.491. The first-order chi connectivity index (χ1) is 8.59. The van der Waals surface area contributed by atoms with Crippen LogP contribution in [0.5, 0.6) is 0 Å². The summed E-state index contributed by atoms with van der Waals surface area (Å²) in [6, 6.07) is 5.92. The molecule has 1 atom stereocenters. The summed E-state index contributed by atoms with van der Waals surface area (Å²) in [4.78, 5) is 24.9. The van der Waals surface area contributed by atoms with E-state index >= 15 is 0 Å². The van der Waals surface area contributed by atoms with Crippen LogP contribution in [-0.2, 0) is 4.79 Å². The van der Waals surface area contributed by atoms with Crippen molar-refractivity contribution < 1.29 is 14.7 Å². The molecule has 18 heavy (non-hydrogen) atoms. The van der Waals surface area contributed by atoms with Gasteiger partial charge in [0.05, 0.1) is 0 Å². The van der Waals surface area contributed by atoms with Crippen LogP contribution in [0, 0.1) is 0 Å². The topological polar surface area (TPSA) is 83.6 Å². The van der Waals surface area contributed by atoms with Gasteiger partial charge in [0.25, 0.3) is 5.91 Å². The second kappa shape index (κ2) is 5.08. The third-order valence-corrected chi connectivity index (χ3v) is 3.18. The molecule has 1 amide bonds. The number of likely N-dealkylation sites (tertiary alicyclic amines) is 1. The quantitative estimate of drug-likeness (QED) is 0.774. The highest BCUT2D eigenvalue weighted by Gasteiger charge is 2.32. The zero-order valence-electron chi connectivity index (χ0n) is 10.0. The lowest BCUT2D eigenvalue weighted by Gasteiger charge is -2.33. The predicted octanol–water partition coefficient (Wildman–Crippen LogP) is 1.35. The van der Waals surface area contributed by atoms with E-state index in [4.69, 9.17) is 10.8 Å². The number of nitrogens with zero attached hydrogens (tertiary/aromatic N) is 1. The molecule has 2 rings (SSSR count). The first kappa shape index (κ1) is 12.4. The van der Waals surface area contributed by atoms with Gasteiger partial charge >= 0.3 is 5.97 Å². The van der Waals surface area contributed by atoms with Crippen molar-refractivity contribution in [3.63, 3.8) is 0 Å². The summed E-state index contributed by atoms with van der Waals surface area (Å²) in [5, 5.41) is 9.14. The number of aliphatic carboxylic acids is 1. The molecule has 0 radical (unpaired) electrons. The Bertz CT molecular complexity index is 473. The Kier molecular flexibility index (Phi) is 3.50. The van der Waals surface area contributed by atoms with Crippen LogP contribution >= 0.6 is 0 Å². The van der Waals surface area contributed by atoms with Crippen LogP contribution in [-0.4, -0.2) is 34.5 Å². The van der Waals surface area contributed by atoms with E-state index in [2.05, 4.69) is 0 Å². The van der Waals surface area contributed by atoms with Crippen molar-refractivity contribution in [1.29, 1.82) is 0 Å². The van der Waals surface area contributed by atoms with E-state index in [0.717, 1.165) is 12.8 Å². The molecule has 0 aromatic heterocycles. The maximum atomic E-state index is 12.3. The standard InChI is InChI=1S/C13H16N2O3/c14-10-5-3-4-9(8-10)12(16)15-7-2-1-6-11(15)13(17)18/h3-5,8,11H,1-2,6-7,14H2,(H,17,18)/t11-/m1/s1. The third kappa shape index (κ3) is 2.45. The van der Waals surface area contributed by atoms with Gasteiger partial charge in [-0.05, 0) is 37.5 Å². The van der Waals surface area contributed by atoms with Crippen molar-refractivity contribution >= 4 is 17.6 Å². The van der Waals surface area contributed by atoms with E-state index in [1.807, 2.05) is 0 Å². The van der Waals surface area contributed by atoms with Crippen molar-refractivity contribution in [3.05, 3.63) is 29.8 Å². The van der Waals surface area contributed by atoms with E-state index < -0.39 is 12.0 Å². The number of nitrogen functional groups attached to an aromatic ring is 1. The highest BCUT2D eigenvalue weighted by molar-refractivity contribution is 5.97. The van der Waals surface area contributed by atoms with E-state index in [9.17, 15) is 9.59 Å². The molecule has 1 aromatic rings. The summed E-state index contributed by atoms with van der Waals surface area (Å²) in [5.41, 5.74) is 6.59. The Morgan fingerprint density at radius 1 is 1.33 bits per heavy atom. The van der Waals surface area contributed by atoms with Gasteiger partial charge in [-0.15, -0.1) is 0 Å². The Morgan fingerprint density at radius 2 is 2.11 bits per heavy atom. The van der Waals surface area contributed by atoms with Crippen molar-refractivity contribution in [2.75, 3.05) is 12.3 Å². The minimum absolute atomic E-state index is 0.255. The average Bonchev–Trinajstić information content (AvgIpc) is 2.38. The zero-order valence-corrected chi connectivity index (χ0v) is 10.0. The Hall–Kier alpha value is -2.04. The fourth-order valence-electron chi connectivity index (χ4n) is 2.27. The van der Waals surface area contributed by atoms with Crippen LogP contribution in [0.25, 0.3) is 0 Å². The van der Waals surface area contributed by atoms with Crippen molar-refractivity contribution in [2.45, 2.75) is 25.3 Å². The van der Waals surface area contributed by atoms with Crippen molar-refractivity contribution in [3.8, 4) is 0 Å². The number of hydrogen-bond acceptors (Lipinski definition) is 3. The fraction of sp³-hybridized carbons (Fsp3) is 0.385. The maximum absolute atomic E-state index is 12.3. The van der Waals surface area contributed by atoms with Crippen LogP contribution in [0.3, 0.4) is 0 Å². The molecule has 0 saturated carbocycles. The van der Waals surface area contributed by atoms with Crippen LogP contribution < -0.4 is 5.73 Å². The highest BCUT2D eigenvalue weighted by Crippen LogP contribution is 2.20. The summed E-state index contributed by atoms with van der Waals surface area (Å²) in [5.74, 6) is -1.19. The van der Waals surface area contributed by atoms with Gasteiger partial charge in [-0.2, -0.15) is 0 Å². The Balaban J connectivity index is 2.23. The van der Waals surface area contributed by atoms with Gasteiger partial charge in [0.15, 0.2) is 0 Å². The van der Waals surface area contributed by atoms with E-state index in [1.54, 1.807) is 24.3 Å². The number of benzene rings is 1. The van der Waals surface area contributed by atoms with Crippen LogP contribution in [0.4, 0.5) is 5.69 Å². The van der Waals surface area contributed by atoms with Gasteiger partial charge in [0, 0.05) is 17.8 Å². The summed E-state index contributed by atoms with van der Waals surface area (Å²) >= 11 is 0. The van der Waals surface area contributed by atoms with Crippen LogP contribution in [0.2, 0.25) is 0 Å². The lowest BCUT2D eigenvalue weighted by atomic mass is 10.0. The first-order valence-electron chi connectivity index (χ1n) is 5.99. The Labute approximate surface area is 105 Å². The molecule has 5 nitrogen and oxygen atoms in total. The molecule has 0 spiro atoms. The van der Waals surface area contributed by atoms with E-state index in [-0.39, 0.29) is 5.91 Å². The lowest BCUT2D eigenvalue weighted by Crippen LogP contribution is -2.47. The van der Waals surface area contributed by atoms with Crippen molar-refractivity contribution in [1.82, 2.24) is 4.90 Å². The second-order valence-corrected chi connectivity index (χ2v) is 4.47. The number of carboxylic acids is 1. The molecule has 1 saturated heterocycles. The van der Waals surface area contributed by atoms with Crippen LogP contribution in [0.1, 0.15) is 29.6 Å². The summed E-state index contributed by atoms with van der Waals surface area (Å²) < 4.78 is 0. The zero-order chi connectivity index (χ0) is 13.1. The molecular formula is C13H16N2O3. The molecule has 1 aliphatic heterocycles. The van der Waals surface area contributed by atoms with Gasteiger partial charge < -0.3 is 15.7 Å². The minimum Gasteiger partial charge on any atom is -0.480 e. The molecule has 0 bridgehead atoms. The summed E-state index contributed by atoms with van der Waals surface area (Å²) in [7, 11) is 0. The molecule has 1 aromatic carbocycles. The monoisotopic (exact) mass is 248 g/mol. The number of carbonyl (C=O) groups excluding carboxylic acids is 1. The number of carboxylic acid groups (broad SMARTS) is 1. The number of nitrogens with two attached hydrogens (primary N) is 1. The third-order valence-electron chi connectivity index (χ3n) is 3.18. The number of rotatable bonds is 2. The van der Waals surface area contributed by atoms with Gasteiger partial charge in [-0.25, -0.2) is 4.79 Å². The Morgan fingerprint density at radius 3 is 2.78 bits per heavy atom. The SMILES string of the molecule is Nc1cccc(C(=O)N2CCCC[C@@H]2C(=O)O)c1. The number of amides is 1. The van der Waals surface area contributed by atoms with E-state index in [0.29, 0.717) is 24.2 Å². The number of anilines is 1. The molecule has 0 aliphatic carbocycles. The summed E-state index contributed by atoms with van der Waals surface area (Å²) in [6.07, 6.45) is 2.21. The minimum atomic E-state index is -0.938. The van der Waals surface area contributed by atoms with E-state index in [1.165, 1.54) is 4.90 Å². The number of piperidine rings is 1. The molecule has 0 unspecified atom stereocenters. The fourth-order valence-corrected chi connectivity index (χ4v) is 2.27. The number of carbonyl (C=O) groups is 2. The number of hydrogen-bond donors (Lipinski definition) is 2. The molecule has 1 heterocycles. The highest BCUT2D eigenvalue weighted by atomic mass is 16.4. The van der Waals surface area contributed by atoms with Crippen LogP contribution in [0.15, 0.2) is 24.3 Å². The first-order valence-corrected chi connectivity index (χ1v) is 5.99.